The Balaban J connectivity index is 1.67. The highest BCUT2D eigenvalue weighted by molar-refractivity contribution is 5.92. The summed E-state index contributed by atoms with van der Waals surface area (Å²) in [5.41, 5.74) is 1.64. The lowest BCUT2D eigenvalue weighted by molar-refractivity contribution is 0.0464. The topological polar surface area (TPSA) is 35.5 Å². The maximum absolute atomic E-state index is 13.6. The summed E-state index contributed by atoms with van der Waals surface area (Å²) in [5.74, 6) is -0.513. The summed E-state index contributed by atoms with van der Waals surface area (Å²) in [7, 11) is 0. The minimum Gasteiger partial charge on any atom is -0.488 e. The second kappa shape index (κ2) is 8.11. The zero-order chi connectivity index (χ0) is 17.5. The molecule has 0 fully saturated rings. The fourth-order valence-electron chi connectivity index (χ4n) is 2.33. The van der Waals surface area contributed by atoms with Crippen LogP contribution in [0.5, 0.6) is 5.75 Å². The molecule has 3 nitrogen and oxygen atoms in total. The highest BCUT2D eigenvalue weighted by Crippen LogP contribution is 2.21. The molecule has 3 aromatic rings. The summed E-state index contributed by atoms with van der Waals surface area (Å²) < 4.78 is 24.6. The molecule has 0 saturated carbocycles. The van der Waals surface area contributed by atoms with E-state index in [1.54, 1.807) is 42.5 Å². The van der Waals surface area contributed by atoms with Crippen LogP contribution in [0, 0.1) is 5.82 Å². The second-order valence-corrected chi connectivity index (χ2v) is 5.44. The highest BCUT2D eigenvalue weighted by atomic mass is 19.1. The highest BCUT2D eigenvalue weighted by Gasteiger charge is 2.14. The molecule has 0 amide bonds. The third-order valence-electron chi connectivity index (χ3n) is 3.66. The molecule has 3 aromatic carbocycles. The lowest BCUT2D eigenvalue weighted by Gasteiger charge is -2.11. The molecule has 0 unspecified atom stereocenters. The van der Waals surface area contributed by atoms with Gasteiger partial charge in [-0.3, -0.25) is 0 Å². The largest absolute Gasteiger partial charge is 0.488 e. The van der Waals surface area contributed by atoms with Crippen LogP contribution in [0.2, 0.25) is 0 Å². The van der Waals surface area contributed by atoms with Crippen molar-refractivity contribution in [1.82, 2.24) is 0 Å². The molecule has 0 bridgehead atoms. The van der Waals surface area contributed by atoms with E-state index in [2.05, 4.69) is 0 Å². The molecule has 0 heterocycles. The predicted octanol–water partition coefficient (Wildman–Crippen LogP) is 4.76. The number of benzene rings is 3. The van der Waals surface area contributed by atoms with Crippen LogP contribution in [0.15, 0.2) is 78.9 Å². The first-order chi connectivity index (χ1) is 12.2. The molecule has 25 heavy (non-hydrogen) atoms. The van der Waals surface area contributed by atoms with Gasteiger partial charge in [0.1, 0.15) is 30.3 Å². The molecule has 0 N–H and O–H groups in total. The molecule has 0 aliphatic rings. The summed E-state index contributed by atoms with van der Waals surface area (Å²) in [6, 6.07) is 22.7. The van der Waals surface area contributed by atoms with Crippen molar-refractivity contribution in [3.8, 4) is 5.75 Å². The molecule has 0 aliphatic heterocycles. The second-order valence-electron chi connectivity index (χ2n) is 5.44. The number of ether oxygens (including phenoxy) is 2. The van der Waals surface area contributed by atoms with E-state index in [-0.39, 0.29) is 6.61 Å². The molecule has 0 saturated heterocycles. The van der Waals surface area contributed by atoms with Crippen molar-refractivity contribution in [1.29, 1.82) is 0 Å². The molecule has 0 aliphatic carbocycles. The summed E-state index contributed by atoms with van der Waals surface area (Å²) in [6.07, 6.45) is 0. The van der Waals surface area contributed by atoms with Gasteiger partial charge in [-0.15, -0.1) is 0 Å². The van der Waals surface area contributed by atoms with Gasteiger partial charge >= 0.3 is 5.97 Å². The Hall–Kier alpha value is -3.14. The van der Waals surface area contributed by atoms with Crippen molar-refractivity contribution in [2.45, 2.75) is 13.2 Å². The third-order valence-corrected chi connectivity index (χ3v) is 3.66. The Labute approximate surface area is 145 Å². The average Bonchev–Trinajstić information content (AvgIpc) is 2.66. The number of hydrogen-bond acceptors (Lipinski definition) is 3. The molecular formula is C21H17FO3. The quantitative estimate of drug-likeness (QED) is 0.609. The van der Waals surface area contributed by atoms with Crippen LogP contribution in [-0.4, -0.2) is 5.97 Å². The fourth-order valence-corrected chi connectivity index (χ4v) is 2.33. The Bertz CT molecular complexity index is 847. The van der Waals surface area contributed by atoms with E-state index >= 15 is 0 Å². The first-order valence-corrected chi connectivity index (χ1v) is 7.90. The Morgan fingerprint density at radius 3 is 2.28 bits per heavy atom. The maximum Gasteiger partial charge on any atom is 0.342 e. The van der Waals surface area contributed by atoms with Crippen molar-refractivity contribution in [3.63, 3.8) is 0 Å². The minimum atomic E-state index is -0.549. The number of rotatable bonds is 6. The van der Waals surface area contributed by atoms with Crippen molar-refractivity contribution in [2.24, 2.45) is 0 Å². The van der Waals surface area contributed by atoms with E-state index in [0.717, 1.165) is 5.56 Å². The van der Waals surface area contributed by atoms with Gasteiger partial charge in [0.05, 0.1) is 0 Å². The van der Waals surface area contributed by atoms with E-state index in [0.29, 0.717) is 23.5 Å². The molecule has 0 spiro atoms. The van der Waals surface area contributed by atoms with Crippen LogP contribution in [-0.2, 0) is 18.0 Å². The summed E-state index contributed by atoms with van der Waals surface area (Å²) in [5, 5.41) is 0. The first kappa shape index (κ1) is 16.7. The first-order valence-electron chi connectivity index (χ1n) is 7.90. The van der Waals surface area contributed by atoms with Gasteiger partial charge in [-0.25, -0.2) is 9.18 Å². The van der Waals surface area contributed by atoms with Gasteiger partial charge < -0.3 is 9.47 Å². The van der Waals surface area contributed by atoms with Crippen LogP contribution in [0.4, 0.5) is 4.39 Å². The van der Waals surface area contributed by atoms with Crippen molar-refractivity contribution in [3.05, 3.63) is 101 Å². The number of hydrogen-bond donors (Lipinski definition) is 0. The van der Waals surface area contributed by atoms with Gasteiger partial charge in [-0.1, -0.05) is 60.7 Å². The van der Waals surface area contributed by atoms with Crippen LogP contribution in [0.25, 0.3) is 0 Å². The van der Waals surface area contributed by atoms with Crippen LogP contribution in [0.1, 0.15) is 21.5 Å². The number of carbonyl (C=O) groups is 1. The molecule has 0 aromatic heterocycles. The minimum absolute atomic E-state index is 0.126. The van der Waals surface area contributed by atoms with E-state index in [1.807, 2.05) is 30.3 Å². The molecule has 0 atom stereocenters. The predicted molar refractivity (Wildman–Crippen MR) is 92.7 cm³/mol. The zero-order valence-corrected chi connectivity index (χ0v) is 13.5. The van der Waals surface area contributed by atoms with Gasteiger partial charge in [0.15, 0.2) is 0 Å². The molecule has 4 heteroatoms. The summed E-state index contributed by atoms with van der Waals surface area (Å²) in [4.78, 5) is 12.3. The normalized spacial score (nSPS) is 10.3. The fraction of sp³-hybridized carbons (Fsp3) is 0.0952. The number of esters is 1. The Morgan fingerprint density at radius 2 is 1.48 bits per heavy atom. The smallest absolute Gasteiger partial charge is 0.342 e. The van der Waals surface area contributed by atoms with Crippen molar-refractivity contribution >= 4 is 5.97 Å². The van der Waals surface area contributed by atoms with Crippen LogP contribution < -0.4 is 4.74 Å². The van der Waals surface area contributed by atoms with Crippen LogP contribution >= 0.6 is 0 Å². The number of halogens is 1. The lowest BCUT2D eigenvalue weighted by atomic mass is 10.2. The number of carbonyl (C=O) groups excluding carboxylic acids is 1. The van der Waals surface area contributed by atoms with Gasteiger partial charge in [0.25, 0.3) is 0 Å². The molecule has 3 rings (SSSR count). The van der Waals surface area contributed by atoms with Gasteiger partial charge in [-0.2, -0.15) is 0 Å². The van der Waals surface area contributed by atoms with Crippen molar-refractivity contribution < 1.29 is 18.7 Å². The number of para-hydroxylation sites is 1. The Morgan fingerprint density at radius 1 is 0.800 bits per heavy atom. The van der Waals surface area contributed by atoms with E-state index < -0.39 is 11.8 Å². The standard InChI is InChI=1S/C21H17FO3/c22-19-12-6-4-10-17(19)15-25-21(23)18-11-5-7-13-20(18)24-14-16-8-2-1-3-9-16/h1-13H,14-15H2. The van der Waals surface area contributed by atoms with Crippen LogP contribution in [0.3, 0.4) is 0 Å². The zero-order valence-electron chi connectivity index (χ0n) is 13.5. The monoisotopic (exact) mass is 336 g/mol. The molecule has 126 valence electrons. The van der Waals surface area contributed by atoms with Gasteiger partial charge in [-0.05, 0) is 23.8 Å². The third kappa shape index (κ3) is 4.44. The average molecular weight is 336 g/mol. The van der Waals surface area contributed by atoms with Crippen molar-refractivity contribution in [2.75, 3.05) is 0 Å². The van der Waals surface area contributed by atoms with Gasteiger partial charge in [0, 0.05) is 5.56 Å². The maximum atomic E-state index is 13.6. The molecule has 0 radical (unpaired) electrons. The van der Waals surface area contributed by atoms with E-state index in [4.69, 9.17) is 9.47 Å². The summed E-state index contributed by atoms with van der Waals surface area (Å²) in [6.45, 7) is 0.219. The SMILES string of the molecule is O=C(OCc1ccccc1F)c1ccccc1OCc1ccccc1. The molecular weight excluding hydrogens is 319 g/mol. The Kier molecular flexibility index (Phi) is 5.42. The van der Waals surface area contributed by atoms with E-state index in [1.165, 1.54) is 6.07 Å². The van der Waals surface area contributed by atoms with Gasteiger partial charge in [0.2, 0.25) is 0 Å². The lowest BCUT2D eigenvalue weighted by Crippen LogP contribution is -2.09. The summed E-state index contributed by atoms with van der Waals surface area (Å²) >= 11 is 0. The van der Waals surface area contributed by atoms with E-state index in [9.17, 15) is 9.18 Å².